The number of rotatable bonds is 7. The molecule has 3 aromatic rings. The molecule has 132 valence electrons. The molecule has 9 heteroatoms. The van der Waals surface area contributed by atoms with Crippen LogP contribution < -0.4 is 10.6 Å². The van der Waals surface area contributed by atoms with Crippen LogP contribution in [0.4, 0.5) is 20.7 Å². The van der Waals surface area contributed by atoms with Crippen molar-refractivity contribution in [3.63, 3.8) is 0 Å². The number of hydrogen-bond donors (Lipinski definition) is 3. The van der Waals surface area contributed by atoms with Crippen molar-refractivity contribution in [2.24, 2.45) is 0 Å². The summed E-state index contributed by atoms with van der Waals surface area (Å²) in [6.07, 6.45) is 1.58. The minimum atomic E-state index is -0.619. The zero-order valence-electron chi connectivity index (χ0n) is 13.6. The van der Waals surface area contributed by atoms with E-state index >= 15 is 0 Å². The fourth-order valence-electron chi connectivity index (χ4n) is 2.50. The number of fused-ring (bicyclic) bond motifs is 1. The number of halogens is 2. The molecule has 7 nitrogen and oxygen atoms in total. The number of nitrogens with zero attached hydrogens (tertiary/aromatic N) is 4. The molecule has 0 fully saturated rings. The highest BCUT2D eigenvalue weighted by Crippen LogP contribution is 2.19. The van der Waals surface area contributed by atoms with Gasteiger partial charge in [-0.15, -0.1) is 0 Å². The van der Waals surface area contributed by atoms with Crippen LogP contribution >= 0.6 is 0 Å². The highest BCUT2D eigenvalue weighted by molar-refractivity contribution is 5.74. The molecule has 0 unspecified atom stereocenters. The number of hydrogen-bond acceptors (Lipinski definition) is 6. The van der Waals surface area contributed by atoms with Crippen LogP contribution in [-0.2, 0) is 13.1 Å². The van der Waals surface area contributed by atoms with Crippen LogP contribution in [0.5, 0.6) is 0 Å². The SMILES string of the molecule is CCn1c(NCc2cc(F)cc(F)c2)nc2cnc(NCCO)nc21. The van der Waals surface area contributed by atoms with E-state index in [4.69, 9.17) is 5.11 Å². The Morgan fingerprint density at radius 3 is 2.56 bits per heavy atom. The molecule has 0 atom stereocenters. The second-order valence-electron chi connectivity index (χ2n) is 5.36. The fourth-order valence-corrected chi connectivity index (χ4v) is 2.50. The zero-order chi connectivity index (χ0) is 17.8. The maximum absolute atomic E-state index is 13.3. The molecular weight excluding hydrogens is 330 g/mol. The standard InChI is InChI=1S/C16H18F2N6O/c1-2-24-14-13(9-20-15(23-14)19-3-4-25)22-16(24)21-8-10-5-11(17)7-12(18)6-10/h5-7,9,25H,2-4,8H2,1H3,(H,21,22)(H,19,20,23). The van der Waals surface area contributed by atoms with E-state index < -0.39 is 11.6 Å². The third-order valence-corrected chi connectivity index (χ3v) is 3.57. The minimum Gasteiger partial charge on any atom is -0.395 e. The molecule has 0 radical (unpaired) electrons. The quantitative estimate of drug-likeness (QED) is 0.606. The van der Waals surface area contributed by atoms with E-state index in [2.05, 4.69) is 25.6 Å². The maximum Gasteiger partial charge on any atom is 0.224 e. The van der Waals surface area contributed by atoms with Gasteiger partial charge < -0.3 is 15.7 Å². The number of benzene rings is 1. The van der Waals surface area contributed by atoms with Crippen molar-refractivity contribution in [2.75, 3.05) is 23.8 Å². The first-order chi connectivity index (χ1) is 12.1. The van der Waals surface area contributed by atoms with Crippen LogP contribution in [-0.4, -0.2) is 37.8 Å². The molecule has 0 aliphatic carbocycles. The number of aromatic nitrogens is 4. The van der Waals surface area contributed by atoms with E-state index in [1.54, 1.807) is 6.20 Å². The summed E-state index contributed by atoms with van der Waals surface area (Å²) < 4.78 is 28.4. The topological polar surface area (TPSA) is 87.9 Å². The average Bonchev–Trinajstić information content (AvgIpc) is 2.94. The third kappa shape index (κ3) is 3.82. The lowest BCUT2D eigenvalue weighted by molar-refractivity contribution is 0.311. The zero-order valence-corrected chi connectivity index (χ0v) is 13.6. The first kappa shape index (κ1) is 17.0. The summed E-state index contributed by atoms with van der Waals surface area (Å²) in [7, 11) is 0. The Kier molecular flexibility index (Phi) is 5.03. The Bertz CT molecular complexity index is 862. The lowest BCUT2D eigenvalue weighted by Crippen LogP contribution is -2.10. The Hall–Kier alpha value is -2.81. The van der Waals surface area contributed by atoms with Crippen LogP contribution in [0, 0.1) is 11.6 Å². The van der Waals surface area contributed by atoms with Crippen molar-refractivity contribution in [2.45, 2.75) is 20.0 Å². The van der Waals surface area contributed by atoms with Gasteiger partial charge in [-0.1, -0.05) is 0 Å². The van der Waals surface area contributed by atoms with Crippen LogP contribution in [0.1, 0.15) is 12.5 Å². The van der Waals surface area contributed by atoms with Gasteiger partial charge in [0.25, 0.3) is 0 Å². The van der Waals surface area contributed by atoms with E-state index in [1.165, 1.54) is 12.1 Å². The van der Waals surface area contributed by atoms with E-state index in [1.807, 2.05) is 11.5 Å². The van der Waals surface area contributed by atoms with Crippen molar-refractivity contribution in [1.82, 2.24) is 19.5 Å². The summed E-state index contributed by atoms with van der Waals surface area (Å²) in [5.74, 6) is -0.303. The van der Waals surface area contributed by atoms with Gasteiger partial charge in [-0.3, -0.25) is 4.57 Å². The fraction of sp³-hybridized carbons (Fsp3) is 0.312. The first-order valence-electron chi connectivity index (χ1n) is 7.87. The average molecular weight is 348 g/mol. The molecule has 1 aromatic carbocycles. The van der Waals surface area contributed by atoms with Gasteiger partial charge in [0.2, 0.25) is 11.9 Å². The normalized spacial score (nSPS) is 11.0. The van der Waals surface area contributed by atoms with E-state index in [0.717, 1.165) is 6.07 Å². The van der Waals surface area contributed by atoms with E-state index in [0.29, 0.717) is 41.7 Å². The number of nitrogens with one attached hydrogen (secondary N) is 2. The van der Waals surface area contributed by atoms with Gasteiger partial charge in [0.15, 0.2) is 5.65 Å². The summed E-state index contributed by atoms with van der Waals surface area (Å²) >= 11 is 0. The smallest absolute Gasteiger partial charge is 0.224 e. The molecular formula is C16H18F2N6O. The van der Waals surface area contributed by atoms with Gasteiger partial charge in [0, 0.05) is 25.7 Å². The van der Waals surface area contributed by atoms with Gasteiger partial charge in [-0.2, -0.15) is 4.98 Å². The Morgan fingerprint density at radius 2 is 1.88 bits per heavy atom. The highest BCUT2D eigenvalue weighted by Gasteiger charge is 2.12. The molecule has 0 aliphatic heterocycles. The Labute approximate surface area is 142 Å². The molecule has 2 aromatic heterocycles. The second kappa shape index (κ2) is 7.39. The second-order valence-corrected chi connectivity index (χ2v) is 5.36. The van der Waals surface area contributed by atoms with Gasteiger partial charge in [-0.25, -0.2) is 18.7 Å². The summed E-state index contributed by atoms with van der Waals surface area (Å²) in [6.45, 7) is 3.10. The van der Waals surface area contributed by atoms with E-state index in [9.17, 15) is 8.78 Å². The molecule has 0 saturated carbocycles. The Morgan fingerprint density at radius 1 is 1.12 bits per heavy atom. The van der Waals surface area contributed by atoms with Gasteiger partial charge in [0.1, 0.15) is 17.2 Å². The Balaban J connectivity index is 1.85. The van der Waals surface area contributed by atoms with Crippen LogP contribution in [0.15, 0.2) is 24.4 Å². The van der Waals surface area contributed by atoms with Gasteiger partial charge in [0.05, 0.1) is 12.8 Å². The molecule has 0 saturated heterocycles. The third-order valence-electron chi connectivity index (χ3n) is 3.57. The monoisotopic (exact) mass is 348 g/mol. The summed E-state index contributed by atoms with van der Waals surface area (Å²) in [5, 5.41) is 14.8. The van der Waals surface area contributed by atoms with E-state index in [-0.39, 0.29) is 13.2 Å². The molecule has 3 rings (SSSR count). The number of aliphatic hydroxyl groups excluding tert-OH is 1. The van der Waals surface area contributed by atoms with Crippen LogP contribution in [0.3, 0.4) is 0 Å². The van der Waals surface area contributed by atoms with Crippen molar-refractivity contribution in [3.05, 3.63) is 41.6 Å². The number of imidazole rings is 1. The maximum atomic E-state index is 13.3. The van der Waals surface area contributed by atoms with Crippen LogP contribution in [0.25, 0.3) is 11.2 Å². The molecule has 0 aliphatic rings. The van der Waals surface area contributed by atoms with Crippen LogP contribution in [0.2, 0.25) is 0 Å². The van der Waals surface area contributed by atoms with Crippen molar-refractivity contribution in [1.29, 1.82) is 0 Å². The van der Waals surface area contributed by atoms with Crippen molar-refractivity contribution >= 4 is 23.1 Å². The molecule has 25 heavy (non-hydrogen) atoms. The van der Waals surface area contributed by atoms with Gasteiger partial charge in [-0.05, 0) is 24.6 Å². The summed E-state index contributed by atoms with van der Waals surface area (Å²) in [4.78, 5) is 13.0. The summed E-state index contributed by atoms with van der Waals surface area (Å²) in [5.41, 5.74) is 1.71. The molecule has 0 spiro atoms. The molecule has 3 N–H and O–H groups in total. The summed E-state index contributed by atoms with van der Waals surface area (Å²) in [6, 6.07) is 3.37. The highest BCUT2D eigenvalue weighted by atomic mass is 19.1. The number of anilines is 2. The van der Waals surface area contributed by atoms with Gasteiger partial charge >= 0.3 is 0 Å². The lowest BCUT2D eigenvalue weighted by Gasteiger charge is -2.09. The predicted molar refractivity (Wildman–Crippen MR) is 90.3 cm³/mol. The largest absolute Gasteiger partial charge is 0.395 e. The number of aliphatic hydroxyl groups is 1. The first-order valence-corrected chi connectivity index (χ1v) is 7.87. The molecule has 0 amide bonds. The minimum absolute atomic E-state index is 0.0224. The predicted octanol–water partition coefficient (Wildman–Crippen LogP) is 2.14. The number of aryl methyl sites for hydroxylation is 1. The molecule has 2 heterocycles. The lowest BCUT2D eigenvalue weighted by atomic mass is 10.2. The molecule has 0 bridgehead atoms. The van der Waals surface area contributed by atoms with Crippen molar-refractivity contribution < 1.29 is 13.9 Å². The van der Waals surface area contributed by atoms with Crippen molar-refractivity contribution in [3.8, 4) is 0 Å².